The highest BCUT2D eigenvalue weighted by Gasteiger charge is 2.26. The minimum absolute atomic E-state index is 0.0696. The van der Waals surface area contributed by atoms with Gasteiger partial charge in [0.05, 0.1) is 6.10 Å². The second-order valence-corrected chi connectivity index (χ2v) is 4.26. The van der Waals surface area contributed by atoms with Crippen molar-refractivity contribution in [2.75, 3.05) is 19.9 Å². The molecule has 2 heterocycles. The number of amides is 1. The maximum absolute atomic E-state index is 12.1. The summed E-state index contributed by atoms with van der Waals surface area (Å²) in [5, 5.41) is 9.41. The summed E-state index contributed by atoms with van der Waals surface area (Å²) in [7, 11) is 0. The van der Waals surface area contributed by atoms with Crippen LogP contribution in [0.1, 0.15) is 16.8 Å². The van der Waals surface area contributed by atoms with Crippen LogP contribution in [0.4, 0.5) is 0 Å². The van der Waals surface area contributed by atoms with E-state index in [-0.39, 0.29) is 12.7 Å². The van der Waals surface area contributed by atoms with Gasteiger partial charge in [0.1, 0.15) is 0 Å². The number of likely N-dealkylation sites (tertiary alicyclic amines) is 1. The van der Waals surface area contributed by atoms with Crippen molar-refractivity contribution in [3.63, 3.8) is 0 Å². The summed E-state index contributed by atoms with van der Waals surface area (Å²) in [6.07, 6.45) is 0.254. The molecule has 0 unspecified atom stereocenters. The third-order valence-corrected chi connectivity index (χ3v) is 3.07. The van der Waals surface area contributed by atoms with Crippen LogP contribution in [0, 0.1) is 0 Å². The van der Waals surface area contributed by atoms with E-state index in [1.54, 1.807) is 23.1 Å². The molecule has 3 rings (SSSR count). The molecule has 2 aliphatic heterocycles. The molecule has 90 valence electrons. The fourth-order valence-corrected chi connectivity index (χ4v) is 2.14. The minimum atomic E-state index is -0.395. The number of benzene rings is 1. The zero-order chi connectivity index (χ0) is 11.8. The van der Waals surface area contributed by atoms with Gasteiger partial charge in [-0.25, -0.2) is 0 Å². The molecule has 1 amide bonds. The van der Waals surface area contributed by atoms with Crippen molar-refractivity contribution in [2.24, 2.45) is 0 Å². The number of nitrogens with zero attached hydrogens (tertiary/aromatic N) is 1. The van der Waals surface area contributed by atoms with Crippen LogP contribution in [-0.2, 0) is 0 Å². The summed E-state index contributed by atoms with van der Waals surface area (Å²) in [6.45, 7) is 1.22. The van der Waals surface area contributed by atoms with Crippen LogP contribution in [0.3, 0.4) is 0 Å². The normalized spacial score (nSPS) is 21.9. The van der Waals surface area contributed by atoms with Crippen molar-refractivity contribution >= 4 is 5.91 Å². The highest BCUT2D eigenvalue weighted by Crippen LogP contribution is 2.33. The first-order valence-corrected chi connectivity index (χ1v) is 5.61. The minimum Gasteiger partial charge on any atom is -0.454 e. The number of rotatable bonds is 1. The summed E-state index contributed by atoms with van der Waals surface area (Å²) in [4.78, 5) is 13.8. The molecule has 0 aliphatic carbocycles. The van der Waals surface area contributed by atoms with E-state index in [1.165, 1.54) is 0 Å². The van der Waals surface area contributed by atoms with E-state index in [0.29, 0.717) is 36.6 Å². The van der Waals surface area contributed by atoms with Crippen LogP contribution in [0.2, 0.25) is 0 Å². The van der Waals surface area contributed by atoms with E-state index in [9.17, 15) is 9.90 Å². The molecule has 5 nitrogen and oxygen atoms in total. The van der Waals surface area contributed by atoms with E-state index in [4.69, 9.17) is 9.47 Å². The van der Waals surface area contributed by atoms with Crippen molar-refractivity contribution < 1.29 is 19.4 Å². The van der Waals surface area contributed by atoms with Gasteiger partial charge in [0.2, 0.25) is 6.79 Å². The van der Waals surface area contributed by atoms with E-state index < -0.39 is 6.10 Å². The van der Waals surface area contributed by atoms with Gasteiger partial charge in [0.25, 0.3) is 5.91 Å². The number of hydrogen-bond acceptors (Lipinski definition) is 4. The molecule has 17 heavy (non-hydrogen) atoms. The second-order valence-electron chi connectivity index (χ2n) is 4.26. The summed E-state index contributed by atoms with van der Waals surface area (Å²) >= 11 is 0. The van der Waals surface area contributed by atoms with E-state index >= 15 is 0 Å². The predicted octanol–water partition coefficient (Wildman–Crippen LogP) is 0.622. The number of carbonyl (C=O) groups is 1. The van der Waals surface area contributed by atoms with Crippen molar-refractivity contribution in [3.05, 3.63) is 23.8 Å². The highest BCUT2D eigenvalue weighted by molar-refractivity contribution is 5.95. The predicted molar refractivity (Wildman–Crippen MR) is 59.1 cm³/mol. The molecule has 5 heteroatoms. The Balaban J connectivity index is 1.82. The zero-order valence-electron chi connectivity index (χ0n) is 9.26. The standard InChI is InChI=1S/C12H13NO4/c14-9-3-4-13(6-9)12(15)8-1-2-10-11(5-8)17-7-16-10/h1-2,5,9,14H,3-4,6-7H2/t9-/m1/s1. The number of β-amino-alcohol motifs (C(OH)–C–C–N with tert-alkyl or cyclic N) is 1. The molecule has 1 aromatic carbocycles. The number of aliphatic hydroxyl groups excluding tert-OH is 1. The van der Waals surface area contributed by atoms with Crippen LogP contribution >= 0.6 is 0 Å². The third kappa shape index (κ3) is 1.82. The molecule has 0 aromatic heterocycles. The average molecular weight is 235 g/mol. The highest BCUT2D eigenvalue weighted by atomic mass is 16.7. The van der Waals surface area contributed by atoms with Gasteiger partial charge in [-0.05, 0) is 24.6 Å². The van der Waals surface area contributed by atoms with Crippen LogP contribution < -0.4 is 9.47 Å². The van der Waals surface area contributed by atoms with Gasteiger partial charge in [-0.2, -0.15) is 0 Å². The Morgan fingerprint density at radius 1 is 1.35 bits per heavy atom. The summed E-state index contributed by atoms with van der Waals surface area (Å²) in [5.74, 6) is 1.21. The molecule has 0 spiro atoms. The fourth-order valence-electron chi connectivity index (χ4n) is 2.14. The van der Waals surface area contributed by atoms with E-state index in [2.05, 4.69) is 0 Å². The molecular formula is C12H13NO4. The van der Waals surface area contributed by atoms with Crippen LogP contribution in [-0.4, -0.2) is 41.9 Å². The van der Waals surface area contributed by atoms with Crippen LogP contribution in [0.15, 0.2) is 18.2 Å². The molecule has 2 aliphatic rings. The molecule has 0 saturated carbocycles. The second kappa shape index (κ2) is 3.92. The molecule has 1 saturated heterocycles. The maximum atomic E-state index is 12.1. The van der Waals surface area contributed by atoms with Gasteiger partial charge < -0.3 is 19.5 Å². The summed E-state index contributed by atoms with van der Waals surface area (Å²) in [6, 6.07) is 5.15. The Hall–Kier alpha value is -1.75. The van der Waals surface area contributed by atoms with Gasteiger partial charge in [0, 0.05) is 18.7 Å². The Morgan fingerprint density at radius 3 is 2.94 bits per heavy atom. The topological polar surface area (TPSA) is 59.0 Å². The van der Waals surface area contributed by atoms with Crippen LogP contribution in [0.25, 0.3) is 0 Å². The Labute approximate surface area is 98.6 Å². The lowest BCUT2D eigenvalue weighted by molar-refractivity contribution is 0.0764. The monoisotopic (exact) mass is 235 g/mol. The number of ether oxygens (including phenoxy) is 2. The summed E-state index contributed by atoms with van der Waals surface area (Å²) < 4.78 is 10.4. The van der Waals surface area contributed by atoms with Crippen molar-refractivity contribution in [3.8, 4) is 11.5 Å². The lowest BCUT2D eigenvalue weighted by atomic mass is 10.2. The number of hydrogen-bond donors (Lipinski definition) is 1. The first-order valence-electron chi connectivity index (χ1n) is 5.61. The molecule has 1 aromatic rings. The lowest BCUT2D eigenvalue weighted by Gasteiger charge is -2.15. The van der Waals surface area contributed by atoms with E-state index in [0.717, 1.165) is 0 Å². The molecule has 1 atom stereocenters. The SMILES string of the molecule is O=C(c1ccc2c(c1)OCO2)N1CC[C@@H](O)C1. The Morgan fingerprint density at radius 2 is 2.18 bits per heavy atom. The zero-order valence-corrected chi connectivity index (χ0v) is 9.26. The number of fused-ring (bicyclic) bond motifs is 1. The average Bonchev–Trinajstić information content (AvgIpc) is 2.95. The van der Waals surface area contributed by atoms with Crippen molar-refractivity contribution in [2.45, 2.75) is 12.5 Å². The van der Waals surface area contributed by atoms with Gasteiger partial charge >= 0.3 is 0 Å². The first-order chi connectivity index (χ1) is 8.24. The Kier molecular flexibility index (Phi) is 2.40. The van der Waals surface area contributed by atoms with Crippen molar-refractivity contribution in [1.29, 1.82) is 0 Å². The Bertz CT molecular complexity index is 460. The van der Waals surface area contributed by atoms with Gasteiger partial charge in [-0.1, -0.05) is 0 Å². The van der Waals surface area contributed by atoms with Gasteiger partial charge in [-0.15, -0.1) is 0 Å². The number of aliphatic hydroxyl groups is 1. The van der Waals surface area contributed by atoms with E-state index in [1.807, 2.05) is 0 Å². The maximum Gasteiger partial charge on any atom is 0.254 e. The molecule has 0 radical (unpaired) electrons. The quantitative estimate of drug-likeness (QED) is 0.775. The lowest BCUT2D eigenvalue weighted by Crippen LogP contribution is -2.29. The molecule has 1 N–H and O–H groups in total. The van der Waals surface area contributed by atoms with Crippen LogP contribution in [0.5, 0.6) is 11.5 Å². The van der Waals surface area contributed by atoms with Gasteiger partial charge in [-0.3, -0.25) is 4.79 Å². The first kappa shape index (κ1) is 10.4. The smallest absolute Gasteiger partial charge is 0.254 e. The fraction of sp³-hybridized carbons (Fsp3) is 0.417. The largest absolute Gasteiger partial charge is 0.454 e. The summed E-state index contributed by atoms with van der Waals surface area (Å²) in [5.41, 5.74) is 0.573. The molecule has 1 fully saturated rings. The molecule has 0 bridgehead atoms. The van der Waals surface area contributed by atoms with Gasteiger partial charge in [0.15, 0.2) is 11.5 Å². The number of carbonyl (C=O) groups excluding carboxylic acids is 1. The third-order valence-electron chi connectivity index (χ3n) is 3.07. The molecular weight excluding hydrogens is 222 g/mol. The van der Waals surface area contributed by atoms with Crippen molar-refractivity contribution in [1.82, 2.24) is 4.90 Å².